The van der Waals surface area contributed by atoms with Gasteiger partial charge in [0.05, 0.1) is 43.5 Å². The Morgan fingerprint density at radius 2 is 1.62 bits per heavy atom. The van der Waals surface area contributed by atoms with E-state index in [2.05, 4.69) is 24.4 Å². The van der Waals surface area contributed by atoms with Crippen LogP contribution >= 0.6 is 0 Å². The minimum atomic E-state index is -3.92. The standard InChI is InChI=1S/C33H54N3O4.CH4O3S/c1-32(2,3)40-30(37)25-34-22-16-8-6-7-9-17-23-36(4,5)26-29-24-35-31(39-29)33(38,27-18-12-10-13-19-27)28-20-14-11-15-21-28;1-5(2,3)4/h10,12-13,18-19,24,28,34,38H,6-9,11,14-17,20-23,25-26H2,1-5H3;1H3,(H,2,3,4)/q+1;/p-1/t33-;/m0./s1. The summed E-state index contributed by atoms with van der Waals surface area (Å²) in [5.74, 6) is 1.22. The van der Waals surface area contributed by atoms with Gasteiger partial charge in [0, 0.05) is 12.2 Å². The number of aromatic nitrogens is 1. The zero-order valence-corrected chi connectivity index (χ0v) is 29.2. The summed E-state index contributed by atoms with van der Waals surface area (Å²) in [4.78, 5) is 16.4. The fraction of sp³-hybridized carbons (Fsp3) is 0.706. The lowest BCUT2D eigenvalue weighted by Crippen LogP contribution is -2.39. The summed E-state index contributed by atoms with van der Waals surface area (Å²) in [5, 5.41) is 15.2. The van der Waals surface area contributed by atoms with E-state index in [1.165, 1.54) is 38.5 Å². The molecule has 11 heteroatoms. The molecule has 1 aliphatic rings. The zero-order chi connectivity index (χ0) is 33.6. The Labute approximate surface area is 271 Å². The topological polar surface area (TPSA) is 142 Å². The first-order chi connectivity index (χ1) is 21.0. The fourth-order valence-corrected chi connectivity index (χ4v) is 5.87. The molecule has 1 aliphatic carbocycles. The normalized spacial score (nSPS) is 16.0. The minimum Gasteiger partial charge on any atom is -0.748 e. The number of aliphatic hydroxyl groups is 1. The lowest BCUT2D eigenvalue weighted by atomic mass is 9.73. The molecule has 2 aromatic rings. The monoisotopic (exact) mass is 651 g/mol. The number of oxazole rings is 1. The van der Waals surface area contributed by atoms with Gasteiger partial charge in [-0.3, -0.25) is 4.79 Å². The highest BCUT2D eigenvalue weighted by Gasteiger charge is 2.44. The van der Waals surface area contributed by atoms with E-state index in [0.717, 1.165) is 67.5 Å². The van der Waals surface area contributed by atoms with E-state index >= 15 is 0 Å². The molecule has 45 heavy (non-hydrogen) atoms. The van der Waals surface area contributed by atoms with Gasteiger partial charge in [-0.1, -0.05) is 68.9 Å². The number of ether oxygens (including phenoxy) is 1. The van der Waals surface area contributed by atoms with Gasteiger partial charge < -0.3 is 28.6 Å². The highest BCUT2D eigenvalue weighted by molar-refractivity contribution is 7.84. The van der Waals surface area contributed by atoms with E-state index in [0.29, 0.717) is 12.1 Å². The molecule has 2 N–H and O–H groups in total. The van der Waals surface area contributed by atoms with Crippen molar-refractivity contribution in [3.63, 3.8) is 0 Å². The number of unbranched alkanes of at least 4 members (excludes halogenated alkanes) is 5. The summed E-state index contributed by atoms with van der Waals surface area (Å²) in [6, 6.07) is 9.95. The van der Waals surface area contributed by atoms with Gasteiger partial charge in [-0.05, 0) is 65.0 Å². The van der Waals surface area contributed by atoms with Crippen LogP contribution in [0.1, 0.15) is 109 Å². The van der Waals surface area contributed by atoms with Gasteiger partial charge in [0.1, 0.15) is 12.1 Å². The van der Waals surface area contributed by atoms with Crippen LogP contribution < -0.4 is 5.32 Å². The maximum atomic E-state index is 12.1. The van der Waals surface area contributed by atoms with Gasteiger partial charge in [-0.15, -0.1) is 0 Å². The van der Waals surface area contributed by atoms with Gasteiger partial charge >= 0.3 is 5.97 Å². The summed E-state index contributed by atoms with van der Waals surface area (Å²) in [6.45, 7) is 8.62. The first-order valence-corrected chi connectivity index (χ1v) is 18.2. The van der Waals surface area contributed by atoms with Gasteiger partial charge in [-0.25, -0.2) is 13.4 Å². The number of nitrogens with one attached hydrogen (secondary N) is 1. The molecule has 256 valence electrons. The molecule has 1 atom stereocenters. The van der Waals surface area contributed by atoms with Crippen molar-refractivity contribution in [2.24, 2.45) is 5.92 Å². The van der Waals surface area contributed by atoms with Crippen molar-refractivity contribution in [1.82, 2.24) is 10.3 Å². The molecule has 3 rings (SSSR count). The maximum Gasteiger partial charge on any atom is 0.320 e. The third-order valence-corrected chi connectivity index (χ3v) is 7.93. The molecule has 1 saturated carbocycles. The second kappa shape index (κ2) is 18.1. The first kappa shape index (κ1) is 38.9. The van der Waals surface area contributed by atoms with Gasteiger partial charge in [0.2, 0.25) is 5.89 Å². The van der Waals surface area contributed by atoms with Crippen LogP contribution in [0.5, 0.6) is 0 Å². The van der Waals surface area contributed by atoms with Crippen molar-refractivity contribution in [2.75, 3.05) is 40.0 Å². The predicted octanol–water partition coefficient (Wildman–Crippen LogP) is 5.50. The molecule has 1 aromatic carbocycles. The van der Waals surface area contributed by atoms with Crippen LogP contribution in [0.4, 0.5) is 0 Å². The van der Waals surface area contributed by atoms with E-state index in [1.54, 1.807) is 0 Å². The number of hydrogen-bond donors (Lipinski definition) is 2. The molecule has 0 saturated heterocycles. The summed E-state index contributed by atoms with van der Waals surface area (Å²) in [6.07, 6.45) is 15.0. The molecule has 1 aromatic heterocycles. The zero-order valence-electron chi connectivity index (χ0n) is 28.3. The number of carbonyl (C=O) groups is 1. The number of esters is 1. The lowest BCUT2D eigenvalue weighted by molar-refractivity contribution is -0.904. The molecular formula is C34H57N3O7S. The smallest absolute Gasteiger partial charge is 0.320 e. The number of benzene rings is 1. The van der Waals surface area contributed by atoms with Crippen molar-refractivity contribution >= 4 is 16.1 Å². The Kier molecular flexibility index (Phi) is 15.7. The second-order valence-electron chi connectivity index (χ2n) is 14.0. The van der Waals surface area contributed by atoms with Gasteiger partial charge in [-0.2, -0.15) is 0 Å². The van der Waals surface area contributed by atoms with Gasteiger partial charge in [0.15, 0.2) is 11.4 Å². The van der Waals surface area contributed by atoms with Crippen LogP contribution in [0.25, 0.3) is 0 Å². The third kappa shape index (κ3) is 15.7. The highest BCUT2D eigenvalue weighted by Crippen LogP contribution is 2.43. The van der Waals surface area contributed by atoms with Crippen LogP contribution in [-0.2, 0) is 31.8 Å². The van der Waals surface area contributed by atoms with Crippen LogP contribution in [0.2, 0.25) is 0 Å². The molecule has 0 amide bonds. The van der Waals surface area contributed by atoms with Crippen molar-refractivity contribution in [2.45, 2.75) is 109 Å². The molecule has 0 spiro atoms. The van der Waals surface area contributed by atoms with Crippen LogP contribution in [0.3, 0.4) is 0 Å². The Hall–Kier alpha value is -2.31. The molecular weight excluding hydrogens is 594 g/mol. The number of rotatable bonds is 16. The molecule has 10 nitrogen and oxygen atoms in total. The molecule has 0 unspecified atom stereocenters. The Balaban J connectivity index is 0.00000130. The minimum absolute atomic E-state index is 0.124. The van der Waals surface area contributed by atoms with E-state index in [-0.39, 0.29) is 18.4 Å². The predicted molar refractivity (Wildman–Crippen MR) is 175 cm³/mol. The molecule has 1 fully saturated rings. The summed E-state index contributed by atoms with van der Waals surface area (Å²) in [7, 11) is 0.562. The molecule has 1 heterocycles. The van der Waals surface area contributed by atoms with Crippen molar-refractivity contribution < 1.29 is 36.5 Å². The summed E-state index contributed by atoms with van der Waals surface area (Å²) in [5.41, 5.74) is -0.725. The number of carbonyl (C=O) groups excluding carboxylic acids is 1. The summed E-state index contributed by atoms with van der Waals surface area (Å²) < 4.78 is 39.7. The van der Waals surface area contributed by atoms with E-state index in [9.17, 15) is 9.90 Å². The molecule has 0 aliphatic heterocycles. The number of hydrogen-bond acceptors (Lipinski definition) is 9. The second-order valence-corrected chi connectivity index (χ2v) is 15.4. The molecule has 0 bridgehead atoms. The molecule has 0 radical (unpaired) electrons. The quantitative estimate of drug-likeness (QED) is 0.104. The SMILES string of the molecule is CC(C)(C)OC(=O)CNCCCCCCCC[N+](C)(C)Cc1cnc([C@](O)(c2ccccc2)C2CCCCC2)o1.CS(=O)(=O)[O-]. The Bertz CT molecular complexity index is 1230. The van der Waals surface area contributed by atoms with Crippen LogP contribution in [0.15, 0.2) is 40.9 Å². The highest BCUT2D eigenvalue weighted by atomic mass is 32.2. The van der Waals surface area contributed by atoms with Crippen LogP contribution in [0, 0.1) is 5.92 Å². The van der Waals surface area contributed by atoms with Crippen LogP contribution in [-0.4, -0.2) is 79.1 Å². The van der Waals surface area contributed by atoms with Gasteiger partial charge in [0.25, 0.3) is 0 Å². The van der Waals surface area contributed by atoms with E-state index in [4.69, 9.17) is 22.1 Å². The maximum absolute atomic E-state index is 12.1. The van der Waals surface area contributed by atoms with Crippen molar-refractivity contribution in [3.05, 3.63) is 53.7 Å². The Morgan fingerprint density at radius 3 is 2.22 bits per heavy atom. The summed E-state index contributed by atoms with van der Waals surface area (Å²) >= 11 is 0. The van der Waals surface area contributed by atoms with E-state index in [1.807, 2.05) is 57.3 Å². The number of nitrogens with zero attached hydrogens (tertiary/aromatic N) is 2. The number of quaternary nitrogens is 1. The fourth-order valence-electron chi connectivity index (χ4n) is 5.87. The lowest BCUT2D eigenvalue weighted by Gasteiger charge is -2.36. The third-order valence-electron chi connectivity index (χ3n) is 7.93. The largest absolute Gasteiger partial charge is 0.748 e. The Morgan fingerprint density at radius 1 is 1.04 bits per heavy atom. The first-order valence-electron chi connectivity index (χ1n) is 16.4. The average Bonchev–Trinajstić information content (AvgIpc) is 3.41. The average molecular weight is 652 g/mol. The van der Waals surface area contributed by atoms with Crippen molar-refractivity contribution in [1.29, 1.82) is 0 Å². The van der Waals surface area contributed by atoms with E-state index < -0.39 is 21.3 Å². The van der Waals surface area contributed by atoms with Crippen molar-refractivity contribution in [3.8, 4) is 0 Å².